The minimum Gasteiger partial charge on any atom is -0.342 e. The fourth-order valence-corrected chi connectivity index (χ4v) is 5.58. The fourth-order valence-electron chi connectivity index (χ4n) is 4.41. The molecule has 2 aliphatic heterocycles. The van der Waals surface area contributed by atoms with Gasteiger partial charge in [-0.1, -0.05) is 0 Å². The second-order valence-electron chi connectivity index (χ2n) is 7.76. The molecule has 2 saturated heterocycles. The number of hydrogen-bond acceptors (Lipinski definition) is 4. The van der Waals surface area contributed by atoms with Gasteiger partial charge in [0.25, 0.3) is 5.91 Å². The molecule has 0 saturated carbocycles. The van der Waals surface area contributed by atoms with E-state index in [1.54, 1.807) is 11.3 Å². The molecular formula is C19H28ClN3O2S. The monoisotopic (exact) mass is 397 g/mol. The molecule has 7 heteroatoms. The molecule has 2 N–H and O–H groups in total. The smallest absolute Gasteiger partial charge is 0.261 e. The summed E-state index contributed by atoms with van der Waals surface area (Å²) in [5.41, 5.74) is 1.75. The molecule has 2 fully saturated rings. The molecule has 1 aliphatic carbocycles. The Morgan fingerprint density at radius 1 is 1.19 bits per heavy atom. The number of halogens is 1. The van der Waals surface area contributed by atoms with Crippen LogP contribution in [0.15, 0.2) is 6.07 Å². The van der Waals surface area contributed by atoms with Crippen LogP contribution in [0.4, 0.5) is 0 Å². The molecule has 5 nitrogen and oxygen atoms in total. The van der Waals surface area contributed by atoms with E-state index in [2.05, 4.69) is 10.6 Å². The first kappa shape index (κ1) is 19.6. The Labute approximate surface area is 165 Å². The molecule has 144 valence electrons. The number of nitrogens with one attached hydrogen (secondary N) is 2. The van der Waals surface area contributed by atoms with Gasteiger partial charge in [0.15, 0.2) is 0 Å². The summed E-state index contributed by atoms with van der Waals surface area (Å²) in [6, 6.07) is 2.02. The van der Waals surface area contributed by atoms with Crippen LogP contribution >= 0.6 is 23.7 Å². The van der Waals surface area contributed by atoms with Gasteiger partial charge in [-0.25, -0.2) is 0 Å². The highest BCUT2D eigenvalue weighted by Gasteiger charge is 2.37. The molecule has 1 aromatic heterocycles. The predicted molar refractivity (Wildman–Crippen MR) is 106 cm³/mol. The minimum absolute atomic E-state index is 0. The number of hydrogen-bond donors (Lipinski definition) is 2. The quantitative estimate of drug-likeness (QED) is 0.823. The van der Waals surface area contributed by atoms with Crippen LogP contribution in [0.25, 0.3) is 0 Å². The molecule has 0 radical (unpaired) electrons. The number of fused-ring (bicyclic) bond motifs is 1. The molecule has 1 aromatic rings. The minimum atomic E-state index is -0.0961. The molecule has 0 aromatic carbocycles. The zero-order valence-corrected chi connectivity index (χ0v) is 16.8. The van der Waals surface area contributed by atoms with Crippen molar-refractivity contribution in [2.75, 3.05) is 32.7 Å². The van der Waals surface area contributed by atoms with E-state index in [4.69, 9.17) is 0 Å². The summed E-state index contributed by atoms with van der Waals surface area (Å²) in [5.74, 6) is -0.0447. The van der Waals surface area contributed by atoms with Crippen LogP contribution in [0.1, 0.15) is 52.2 Å². The number of aryl methyl sites for hydroxylation is 2. The molecule has 0 bridgehead atoms. The first-order valence-corrected chi connectivity index (χ1v) is 10.4. The SMILES string of the molecule is Cl.O=C(NCC(=O)N1CCC2(CCNC2)CC1)c1cc2c(s1)CCCC2. The Bertz CT molecular complexity index is 636. The van der Waals surface area contributed by atoms with Crippen LogP contribution in [0.3, 0.4) is 0 Å². The lowest BCUT2D eigenvalue weighted by Gasteiger charge is -2.38. The van der Waals surface area contributed by atoms with Gasteiger partial charge in [-0.2, -0.15) is 0 Å². The zero-order valence-electron chi connectivity index (χ0n) is 15.1. The molecule has 3 heterocycles. The van der Waals surface area contributed by atoms with Crippen LogP contribution in [0, 0.1) is 5.41 Å². The molecule has 3 aliphatic rings. The number of piperidine rings is 1. The van der Waals surface area contributed by atoms with Gasteiger partial charge in [0.2, 0.25) is 5.91 Å². The highest BCUT2D eigenvalue weighted by molar-refractivity contribution is 7.14. The largest absolute Gasteiger partial charge is 0.342 e. The second-order valence-corrected chi connectivity index (χ2v) is 8.89. The molecule has 26 heavy (non-hydrogen) atoms. The zero-order chi connectivity index (χ0) is 17.3. The van der Waals surface area contributed by atoms with Gasteiger partial charge in [0.1, 0.15) is 0 Å². The van der Waals surface area contributed by atoms with Crippen LogP contribution in [0.5, 0.6) is 0 Å². The fraction of sp³-hybridized carbons (Fsp3) is 0.684. The van der Waals surface area contributed by atoms with Crippen molar-refractivity contribution in [1.29, 1.82) is 0 Å². The van der Waals surface area contributed by atoms with E-state index in [0.717, 1.165) is 56.7 Å². The second kappa shape index (κ2) is 8.28. The van der Waals surface area contributed by atoms with Crippen molar-refractivity contribution in [2.45, 2.75) is 44.9 Å². The highest BCUT2D eigenvalue weighted by atomic mass is 35.5. The van der Waals surface area contributed by atoms with Gasteiger partial charge >= 0.3 is 0 Å². The van der Waals surface area contributed by atoms with Crippen LogP contribution in [-0.2, 0) is 17.6 Å². The van der Waals surface area contributed by atoms with Crippen molar-refractivity contribution in [1.82, 2.24) is 15.5 Å². The van der Waals surface area contributed by atoms with E-state index in [-0.39, 0.29) is 30.8 Å². The molecule has 0 unspecified atom stereocenters. The lowest BCUT2D eigenvalue weighted by Crippen LogP contribution is -2.47. The number of likely N-dealkylation sites (tertiary alicyclic amines) is 1. The molecular weight excluding hydrogens is 370 g/mol. The summed E-state index contributed by atoms with van der Waals surface area (Å²) in [6.07, 6.45) is 8.01. The Hall–Kier alpha value is -1.11. The Morgan fingerprint density at radius 3 is 2.65 bits per heavy atom. The molecule has 1 spiro atoms. The van der Waals surface area contributed by atoms with Gasteiger partial charge in [-0.15, -0.1) is 23.7 Å². The van der Waals surface area contributed by atoms with Crippen molar-refractivity contribution in [3.8, 4) is 0 Å². The van der Waals surface area contributed by atoms with E-state index in [1.165, 1.54) is 29.7 Å². The van der Waals surface area contributed by atoms with Gasteiger partial charge in [-0.05, 0) is 68.5 Å². The Kier molecular flexibility index (Phi) is 6.25. The maximum atomic E-state index is 12.4. The average Bonchev–Trinajstić information content (AvgIpc) is 3.27. The summed E-state index contributed by atoms with van der Waals surface area (Å²) in [6.45, 7) is 3.96. The lowest BCUT2D eigenvalue weighted by atomic mass is 9.78. The van der Waals surface area contributed by atoms with E-state index >= 15 is 0 Å². The van der Waals surface area contributed by atoms with E-state index in [9.17, 15) is 9.59 Å². The predicted octanol–water partition coefficient (Wildman–Crippen LogP) is 2.38. The maximum Gasteiger partial charge on any atom is 0.261 e. The molecule has 2 amide bonds. The normalized spacial score (nSPS) is 21.2. The number of amides is 2. The number of carbonyl (C=O) groups excluding carboxylic acids is 2. The number of rotatable bonds is 3. The van der Waals surface area contributed by atoms with Crippen LogP contribution in [0.2, 0.25) is 0 Å². The van der Waals surface area contributed by atoms with Gasteiger partial charge in [0.05, 0.1) is 11.4 Å². The summed E-state index contributed by atoms with van der Waals surface area (Å²) >= 11 is 1.60. The highest BCUT2D eigenvalue weighted by Crippen LogP contribution is 2.36. The van der Waals surface area contributed by atoms with Crippen molar-refractivity contribution in [3.63, 3.8) is 0 Å². The van der Waals surface area contributed by atoms with Crippen molar-refractivity contribution >= 4 is 35.6 Å². The van der Waals surface area contributed by atoms with Crippen molar-refractivity contribution in [3.05, 3.63) is 21.4 Å². The third-order valence-electron chi connectivity index (χ3n) is 6.13. The summed E-state index contributed by atoms with van der Waals surface area (Å²) in [4.78, 5) is 28.8. The first-order valence-electron chi connectivity index (χ1n) is 9.54. The molecule has 4 rings (SSSR count). The van der Waals surface area contributed by atoms with Crippen LogP contribution in [-0.4, -0.2) is 49.4 Å². The topological polar surface area (TPSA) is 61.4 Å². The van der Waals surface area contributed by atoms with E-state index < -0.39 is 0 Å². The number of carbonyl (C=O) groups is 2. The van der Waals surface area contributed by atoms with E-state index in [1.807, 2.05) is 11.0 Å². The van der Waals surface area contributed by atoms with Crippen LogP contribution < -0.4 is 10.6 Å². The van der Waals surface area contributed by atoms with Gasteiger partial charge in [-0.3, -0.25) is 9.59 Å². The Balaban J connectivity index is 0.00000196. The van der Waals surface area contributed by atoms with Gasteiger partial charge < -0.3 is 15.5 Å². The number of thiophene rings is 1. The summed E-state index contributed by atoms with van der Waals surface area (Å²) in [5, 5.41) is 6.28. The summed E-state index contributed by atoms with van der Waals surface area (Å²) in [7, 11) is 0. The molecule has 0 atom stereocenters. The third kappa shape index (κ3) is 4.07. The third-order valence-corrected chi connectivity index (χ3v) is 7.37. The average molecular weight is 398 g/mol. The van der Waals surface area contributed by atoms with Gasteiger partial charge in [0, 0.05) is 24.5 Å². The number of nitrogens with zero attached hydrogens (tertiary/aromatic N) is 1. The van der Waals surface area contributed by atoms with Crippen molar-refractivity contribution < 1.29 is 9.59 Å². The lowest BCUT2D eigenvalue weighted by molar-refractivity contribution is -0.132. The Morgan fingerprint density at radius 2 is 1.96 bits per heavy atom. The van der Waals surface area contributed by atoms with E-state index in [0.29, 0.717) is 5.41 Å². The summed E-state index contributed by atoms with van der Waals surface area (Å²) < 4.78 is 0. The van der Waals surface area contributed by atoms with Crippen molar-refractivity contribution in [2.24, 2.45) is 5.41 Å². The maximum absolute atomic E-state index is 12.4. The first-order chi connectivity index (χ1) is 12.2. The standard InChI is InChI=1S/C19H27N3O2S.ClH/c23-17(22-9-6-19(7-10-22)5-8-20-13-19)12-21-18(24)16-11-14-3-1-2-4-15(14)25-16;/h11,20H,1-10,12-13H2,(H,21,24);1H.